The minimum absolute atomic E-state index is 0.302. The minimum Gasteiger partial charge on any atom is -0.371 e. The molecule has 2 aliphatic heterocycles. The second-order valence-corrected chi connectivity index (χ2v) is 6.61. The van der Waals surface area contributed by atoms with E-state index in [9.17, 15) is 0 Å². The lowest BCUT2D eigenvalue weighted by atomic mass is 10.0. The van der Waals surface area contributed by atoms with Crippen molar-refractivity contribution in [2.45, 2.75) is 25.2 Å². The van der Waals surface area contributed by atoms with Crippen LogP contribution in [-0.2, 0) is 16.0 Å². The van der Waals surface area contributed by atoms with Crippen LogP contribution in [0.1, 0.15) is 18.4 Å². The number of hydrogen-bond donors (Lipinski definition) is 2. The largest absolute Gasteiger partial charge is 0.371 e. The fourth-order valence-electron chi connectivity index (χ4n) is 3.49. The molecule has 2 saturated heterocycles. The molecule has 0 unspecified atom stereocenters. The second kappa shape index (κ2) is 7.44. The number of piperidine rings is 1. The van der Waals surface area contributed by atoms with E-state index in [0.717, 1.165) is 51.4 Å². The van der Waals surface area contributed by atoms with E-state index in [1.54, 1.807) is 0 Å². The molecule has 5 nitrogen and oxygen atoms in total. The number of hydrazine groups is 1. The van der Waals surface area contributed by atoms with Gasteiger partial charge in [0.2, 0.25) is 0 Å². The molecule has 0 aromatic heterocycles. The summed E-state index contributed by atoms with van der Waals surface area (Å²) < 4.78 is 11.6. The number of rotatable bonds is 5. The summed E-state index contributed by atoms with van der Waals surface area (Å²) >= 11 is 0. The van der Waals surface area contributed by atoms with Gasteiger partial charge >= 0.3 is 0 Å². The molecule has 0 bridgehead atoms. The lowest BCUT2D eigenvalue weighted by Gasteiger charge is -2.38. The first-order valence-electron chi connectivity index (χ1n) is 8.99. The van der Waals surface area contributed by atoms with Crippen LogP contribution in [0.4, 0.5) is 11.4 Å². The fraction of sp³-hybridized carbons (Fsp3) is 0.400. The highest BCUT2D eigenvalue weighted by Gasteiger charge is 2.39. The van der Waals surface area contributed by atoms with Crippen molar-refractivity contribution in [3.05, 3.63) is 60.2 Å². The molecule has 0 aliphatic carbocycles. The maximum atomic E-state index is 5.80. The molecular weight excluding hydrogens is 314 g/mol. The molecule has 0 radical (unpaired) electrons. The van der Waals surface area contributed by atoms with E-state index >= 15 is 0 Å². The molecule has 5 heteroatoms. The van der Waals surface area contributed by atoms with Crippen molar-refractivity contribution >= 4 is 11.4 Å². The molecule has 0 atom stereocenters. The number of para-hydroxylation sites is 1. The normalized spacial score (nSPS) is 19.3. The Morgan fingerprint density at radius 3 is 2.24 bits per heavy atom. The number of anilines is 2. The van der Waals surface area contributed by atoms with Gasteiger partial charge in [-0.2, -0.15) is 0 Å². The third-order valence-corrected chi connectivity index (χ3v) is 4.94. The van der Waals surface area contributed by atoms with Crippen LogP contribution >= 0.6 is 0 Å². The van der Waals surface area contributed by atoms with Gasteiger partial charge in [-0.15, -0.1) is 0 Å². The van der Waals surface area contributed by atoms with Crippen molar-refractivity contribution in [1.29, 1.82) is 0 Å². The molecule has 1 spiro atoms. The smallest absolute Gasteiger partial charge is 0.171 e. The number of ether oxygens (including phenoxy) is 2. The molecule has 25 heavy (non-hydrogen) atoms. The molecule has 2 aromatic rings. The molecule has 0 saturated carbocycles. The van der Waals surface area contributed by atoms with Gasteiger partial charge in [0.1, 0.15) is 0 Å². The van der Waals surface area contributed by atoms with Crippen molar-refractivity contribution < 1.29 is 9.47 Å². The first-order chi connectivity index (χ1) is 12.3. The maximum absolute atomic E-state index is 5.80. The maximum Gasteiger partial charge on any atom is 0.171 e. The Morgan fingerprint density at radius 1 is 0.880 bits per heavy atom. The Hall–Kier alpha value is -2.08. The van der Waals surface area contributed by atoms with Gasteiger partial charge in [-0.1, -0.05) is 30.3 Å². The molecule has 2 heterocycles. The summed E-state index contributed by atoms with van der Waals surface area (Å²) in [6.07, 6.45) is 1.88. The Labute approximate surface area is 148 Å². The minimum atomic E-state index is -0.302. The van der Waals surface area contributed by atoms with Gasteiger partial charge < -0.3 is 19.8 Å². The number of benzene rings is 2. The number of hydrogen-bond acceptors (Lipinski definition) is 5. The predicted octanol–water partition coefficient (Wildman–Crippen LogP) is 3.15. The van der Waals surface area contributed by atoms with E-state index in [2.05, 4.69) is 40.0 Å². The van der Waals surface area contributed by atoms with Crippen molar-refractivity contribution in [2.75, 3.05) is 36.6 Å². The number of nitrogens with zero attached hydrogens (tertiary/aromatic N) is 1. The Balaban J connectivity index is 1.27. The van der Waals surface area contributed by atoms with Crippen LogP contribution in [0.3, 0.4) is 0 Å². The van der Waals surface area contributed by atoms with Crippen LogP contribution in [0.25, 0.3) is 0 Å². The topological polar surface area (TPSA) is 45.8 Å². The predicted molar refractivity (Wildman–Crippen MR) is 99.4 cm³/mol. The third kappa shape index (κ3) is 3.95. The lowest BCUT2D eigenvalue weighted by Crippen LogP contribution is -2.45. The first-order valence-corrected chi connectivity index (χ1v) is 8.99. The third-order valence-electron chi connectivity index (χ3n) is 4.94. The Kier molecular flexibility index (Phi) is 4.88. The summed E-state index contributed by atoms with van der Waals surface area (Å²) in [4.78, 5) is 2.41. The lowest BCUT2D eigenvalue weighted by molar-refractivity contribution is -0.169. The zero-order chi connectivity index (χ0) is 17.0. The van der Waals surface area contributed by atoms with E-state index in [1.807, 2.05) is 30.3 Å². The van der Waals surface area contributed by atoms with Crippen molar-refractivity contribution in [3.63, 3.8) is 0 Å². The quantitative estimate of drug-likeness (QED) is 0.820. The Morgan fingerprint density at radius 2 is 1.56 bits per heavy atom. The SMILES string of the molecule is c1ccc(NNCc2ccc(N3CCC4(CC3)OCCO4)cc2)cc1. The van der Waals surface area contributed by atoms with Gasteiger partial charge in [-0.05, 0) is 29.8 Å². The molecular formula is C20H25N3O2. The van der Waals surface area contributed by atoms with Gasteiger partial charge in [0.25, 0.3) is 0 Å². The van der Waals surface area contributed by atoms with Crippen molar-refractivity contribution in [1.82, 2.24) is 5.43 Å². The van der Waals surface area contributed by atoms with Crippen molar-refractivity contribution in [2.24, 2.45) is 0 Å². The van der Waals surface area contributed by atoms with Gasteiger partial charge in [-0.25, -0.2) is 5.43 Å². The number of nitrogens with one attached hydrogen (secondary N) is 2. The van der Waals surface area contributed by atoms with Crippen LogP contribution < -0.4 is 15.8 Å². The summed E-state index contributed by atoms with van der Waals surface area (Å²) in [6.45, 7) is 4.21. The summed E-state index contributed by atoms with van der Waals surface area (Å²) in [5, 5.41) is 0. The van der Waals surface area contributed by atoms with Gasteiger partial charge in [-0.3, -0.25) is 0 Å². The molecule has 2 N–H and O–H groups in total. The summed E-state index contributed by atoms with van der Waals surface area (Å²) in [6, 6.07) is 18.9. The first kappa shape index (κ1) is 16.4. The highest BCUT2D eigenvalue weighted by Crippen LogP contribution is 2.33. The summed E-state index contributed by atoms with van der Waals surface area (Å²) in [5.41, 5.74) is 10.1. The molecule has 132 valence electrons. The standard InChI is InChI=1S/C20H25N3O2/c1-2-4-18(5-3-1)22-21-16-17-6-8-19(9-7-17)23-12-10-20(11-13-23)24-14-15-25-20/h1-9,21-22H,10-16H2. The molecule has 4 rings (SSSR count). The van der Waals surface area contributed by atoms with E-state index in [1.165, 1.54) is 11.3 Å². The van der Waals surface area contributed by atoms with Crippen molar-refractivity contribution in [3.8, 4) is 0 Å². The molecule has 2 fully saturated rings. The second-order valence-electron chi connectivity index (χ2n) is 6.61. The summed E-state index contributed by atoms with van der Waals surface area (Å²) in [7, 11) is 0. The van der Waals surface area contributed by atoms with Crippen LogP contribution in [-0.4, -0.2) is 32.1 Å². The van der Waals surface area contributed by atoms with E-state index in [0.29, 0.717) is 0 Å². The molecule has 2 aliphatic rings. The van der Waals surface area contributed by atoms with E-state index in [4.69, 9.17) is 9.47 Å². The fourth-order valence-corrected chi connectivity index (χ4v) is 3.49. The van der Waals surface area contributed by atoms with Crippen LogP contribution in [0, 0.1) is 0 Å². The average Bonchev–Trinajstić information content (AvgIpc) is 3.12. The van der Waals surface area contributed by atoms with Crippen LogP contribution in [0.2, 0.25) is 0 Å². The van der Waals surface area contributed by atoms with Gasteiger partial charge in [0, 0.05) is 43.9 Å². The van der Waals surface area contributed by atoms with Crippen LogP contribution in [0.15, 0.2) is 54.6 Å². The Bertz CT molecular complexity index is 659. The van der Waals surface area contributed by atoms with E-state index in [-0.39, 0.29) is 5.79 Å². The van der Waals surface area contributed by atoms with Gasteiger partial charge in [0.15, 0.2) is 5.79 Å². The van der Waals surface area contributed by atoms with Crippen LogP contribution in [0.5, 0.6) is 0 Å². The average molecular weight is 339 g/mol. The van der Waals surface area contributed by atoms with E-state index < -0.39 is 0 Å². The summed E-state index contributed by atoms with van der Waals surface area (Å²) in [5.74, 6) is -0.302. The van der Waals surface area contributed by atoms with Gasteiger partial charge in [0.05, 0.1) is 13.2 Å². The molecule has 0 amide bonds. The highest BCUT2D eigenvalue weighted by atomic mass is 16.7. The zero-order valence-corrected chi connectivity index (χ0v) is 14.4. The highest BCUT2D eigenvalue weighted by molar-refractivity contribution is 5.48. The zero-order valence-electron chi connectivity index (χ0n) is 14.4. The molecule has 2 aromatic carbocycles. The monoisotopic (exact) mass is 339 g/mol.